The first-order valence-corrected chi connectivity index (χ1v) is 11.8. The summed E-state index contributed by atoms with van der Waals surface area (Å²) in [5.74, 6) is -0.972. The third kappa shape index (κ3) is 5.37. The number of carbonyl (C=O) groups excluding carboxylic acids is 2. The van der Waals surface area contributed by atoms with Gasteiger partial charge in [0.15, 0.2) is 0 Å². The molecule has 0 atom stereocenters. The summed E-state index contributed by atoms with van der Waals surface area (Å²) in [7, 11) is -1.46. The van der Waals surface area contributed by atoms with Gasteiger partial charge >= 0.3 is 5.97 Å². The molecule has 0 saturated heterocycles. The second kappa shape index (κ2) is 10.4. The van der Waals surface area contributed by atoms with E-state index >= 15 is 0 Å². The minimum Gasteiger partial charge on any atom is -0.495 e. The monoisotopic (exact) mass is 482 g/mol. The van der Waals surface area contributed by atoms with Crippen LogP contribution in [-0.2, 0) is 19.6 Å². The summed E-state index contributed by atoms with van der Waals surface area (Å²) < 4.78 is 38.3. The largest absolute Gasteiger partial charge is 0.495 e. The summed E-state index contributed by atoms with van der Waals surface area (Å²) in [6.45, 7) is 3.10. The van der Waals surface area contributed by atoms with Gasteiger partial charge in [-0.15, -0.1) is 0 Å². The summed E-state index contributed by atoms with van der Waals surface area (Å²) in [6.07, 6.45) is 0. The van der Waals surface area contributed by atoms with E-state index in [0.29, 0.717) is 0 Å². The molecule has 34 heavy (non-hydrogen) atoms. The zero-order valence-electron chi connectivity index (χ0n) is 19.4. The standard InChI is InChI=1S/C25H26N2O6S/c1-17-9-12-19(13-10-17)34(30,31)27(22-7-5-6-8-23(22)32-3)16-24(28)26-21-14-11-18(2)15-20(21)25(29)33-4/h5-15H,16H2,1-4H3,(H,26,28). The molecule has 0 aliphatic rings. The van der Waals surface area contributed by atoms with Gasteiger partial charge in [0.1, 0.15) is 12.3 Å². The van der Waals surface area contributed by atoms with Gasteiger partial charge in [0.2, 0.25) is 5.91 Å². The van der Waals surface area contributed by atoms with Crippen LogP contribution in [0.15, 0.2) is 71.6 Å². The predicted octanol–water partition coefficient (Wildman–Crippen LogP) is 3.93. The minimum atomic E-state index is -4.13. The molecule has 0 aromatic heterocycles. The molecule has 1 amide bonds. The molecule has 0 saturated carbocycles. The Kier molecular flexibility index (Phi) is 7.57. The van der Waals surface area contributed by atoms with Crippen molar-refractivity contribution in [3.8, 4) is 5.75 Å². The van der Waals surface area contributed by atoms with Crippen molar-refractivity contribution >= 4 is 33.3 Å². The second-order valence-corrected chi connectivity index (χ2v) is 9.45. The van der Waals surface area contributed by atoms with Gasteiger partial charge in [0, 0.05) is 0 Å². The molecule has 0 aliphatic carbocycles. The van der Waals surface area contributed by atoms with Crippen LogP contribution in [0.3, 0.4) is 0 Å². The Hall–Kier alpha value is -3.85. The van der Waals surface area contributed by atoms with Crippen molar-refractivity contribution in [1.82, 2.24) is 0 Å². The Balaban J connectivity index is 2.01. The first-order valence-electron chi connectivity index (χ1n) is 10.4. The lowest BCUT2D eigenvalue weighted by atomic mass is 10.1. The van der Waals surface area contributed by atoms with E-state index in [1.165, 1.54) is 26.4 Å². The number of para-hydroxylation sites is 2. The van der Waals surface area contributed by atoms with E-state index in [9.17, 15) is 18.0 Å². The number of nitrogens with zero attached hydrogens (tertiary/aromatic N) is 1. The number of hydrogen-bond donors (Lipinski definition) is 1. The number of carbonyl (C=O) groups is 2. The van der Waals surface area contributed by atoms with Crippen LogP contribution >= 0.6 is 0 Å². The molecule has 1 N–H and O–H groups in total. The van der Waals surface area contributed by atoms with Crippen LogP contribution in [0.5, 0.6) is 5.75 Å². The van der Waals surface area contributed by atoms with Crippen LogP contribution < -0.4 is 14.4 Å². The van der Waals surface area contributed by atoms with Crippen molar-refractivity contribution in [1.29, 1.82) is 0 Å². The third-order valence-electron chi connectivity index (χ3n) is 5.10. The van der Waals surface area contributed by atoms with Crippen molar-refractivity contribution in [2.45, 2.75) is 18.7 Å². The van der Waals surface area contributed by atoms with Crippen molar-refractivity contribution in [3.63, 3.8) is 0 Å². The van der Waals surface area contributed by atoms with Gasteiger partial charge in [-0.05, 0) is 50.2 Å². The highest BCUT2D eigenvalue weighted by Crippen LogP contribution is 2.32. The summed E-state index contributed by atoms with van der Waals surface area (Å²) in [5.41, 5.74) is 2.29. The van der Waals surface area contributed by atoms with E-state index in [1.807, 2.05) is 6.92 Å². The Morgan fingerprint density at radius 2 is 1.56 bits per heavy atom. The molecule has 0 bridgehead atoms. The molecule has 3 aromatic carbocycles. The van der Waals surface area contributed by atoms with Crippen LogP contribution in [-0.4, -0.2) is 41.1 Å². The maximum Gasteiger partial charge on any atom is 0.339 e. The van der Waals surface area contributed by atoms with Crippen LogP contribution in [0.2, 0.25) is 0 Å². The number of aryl methyl sites for hydroxylation is 2. The molecule has 0 aliphatic heterocycles. The van der Waals surface area contributed by atoms with Crippen LogP contribution in [0, 0.1) is 13.8 Å². The van der Waals surface area contributed by atoms with E-state index in [-0.39, 0.29) is 27.6 Å². The molecule has 0 unspecified atom stereocenters. The average Bonchev–Trinajstić information content (AvgIpc) is 2.83. The topological polar surface area (TPSA) is 102 Å². The van der Waals surface area contributed by atoms with Crippen LogP contribution in [0.1, 0.15) is 21.5 Å². The Morgan fingerprint density at radius 1 is 0.912 bits per heavy atom. The molecule has 0 heterocycles. The number of sulfonamides is 1. The average molecular weight is 483 g/mol. The number of methoxy groups -OCH3 is 2. The second-order valence-electron chi connectivity index (χ2n) is 7.59. The van der Waals surface area contributed by atoms with Gasteiger partial charge in [-0.3, -0.25) is 9.10 Å². The lowest BCUT2D eigenvalue weighted by molar-refractivity contribution is -0.114. The smallest absolute Gasteiger partial charge is 0.339 e. The molecular formula is C25H26N2O6S. The van der Waals surface area contributed by atoms with Crippen LogP contribution in [0.25, 0.3) is 0 Å². The molecule has 3 aromatic rings. The SMILES string of the molecule is COC(=O)c1cc(C)ccc1NC(=O)CN(c1ccccc1OC)S(=O)(=O)c1ccc(C)cc1. The third-order valence-corrected chi connectivity index (χ3v) is 6.88. The highest BCUT2D eigenvalue weighted by molar-refractivity contribution is 7.92. The van der Waals surface area contributed by atoms with E-state index in [0.717, 1.165) is 15.4 Å². The fourth-order valence-corrected chi connectivity index (χ4v) is 4.77. The fraction of sp³-hybridized carbons (Fsp3) is 0.200. The number of amides is 1. The van der Waals surface area contributed by atoms with Gasteiger partial charge in [0.05, 0.1) is 36.1 Å². The highest BCUT2D eigenvalue weighted by Gasteiger charge is 2.29. The number of benzene rings is 3. The minimum absolute atomic E-state index is 0.0300. The summed E-state index contributed by atoms with van der Waals surface area (Å²) in [4.78, 5) is 25.3. The number of esters is 1. The van der Waals surface area contributed by atoms with Crippen molar-refractivity contribution in [2.24, 2.45) is 0 Å². The van der Waals surface area contributed by atoms with Gasteiger partial charge in [0.25, 0.3) is 10.0 Å². The van der Waals surface area contributed by atoms with E-state index < -0.39 is 28.4 Å². The molecule has 178 valence electrons. The zero-order valence-corrected chi connectivity index (χ0v) is 20.2. The number of anilines is 2. The van der Waals surface area contributed by atoms with Crippen molar-refractivity contribution in [2.75, 3.05) is 30.4 Å². The van der Waals surface area contributed by atoms with E-state index in [4.69, 9.17) is 9.47 Å². The van der Waals surface area contributed by atoms with Gasteiger partial charge in [-0.2, -0.15) is 0 Å². The number of rotatable bonds is 8. The maximum atomic E-state index is 13.6. The lowest BCUT2D eigenvalue weighted by Gasteiger charge is -2.25. The summed E-state index contributed by atoms with van der Waals surface area (Å²) >= 11 is 0. The number of hydrogen-bond acceptors (Lipinski definition) is 6. The predicted molar refractivity (Wildman–Crippen MR) is 130 cm³/mol. The van der Waals surface area contributed by atoms with Crippen molar-refractivity contribution in [3.05, 3.63) is 83.4 Å². The van der Waals surface area contributed by atoms with Crippen LogP contribution in [0.4, 0.5) is 11.4 Å². The Labute approximate surface area is 199 Å². The van der Waals surface area contributed by atoms with Crippen molar-refractivity contribution < 1.29 is 27.5 Å². The molecular weight excluding hydrogens is 456 g/mol. The molecule has 3 rings (SSSR count). The molecule has 8 nitrogen and oxygen atoms in total. The Bertz CT molecular complexity index is 1300. The lowest BCUT2D eigenvalue weighted by Crippen LogP contribution is -2.38. The first-order chi connectivity index (χ1) is 16.2. The van der Waals surface area contributed by atoms with Gasteiger partial charge < -0.3 is 14.8 Å². The Morgan fingerprint density at radius 3 is 2.21 bits per heavy atom. The fourth-order valence-electron chi connectivity index (χ4n) is 3.34. The highest BCUT2D eigenvalue weighted by atomic mass is 32.2. The normalized spacial score (nSPS) is 10.9. The van der Waals surface area contributed by atoms with Gasteiger partial charge in [-0.25, -0.2) is 13.2 Å². The molecule has 0 spiro atoms. The zero-order chi connectivity index (χ0) is 24.9. The molecule has 0 fully saturated rings. The van der Waals surface area contributed by atoms with E-state index in [1.54, 1.807) is 61.5 Å². The molecule has 0 radical (unpaired) electrons. The van der Waals surface area contributed by atoms with E-state index in [2.05, 4.69) is 5.32 Å². The summed E-state index contributed by atoms with van der Waals surface area (Å²) in [5, 5.41) is 2.64. The molecule has 9 heteroatoms. The van der Waals surface area contributed by atoms with Gasteiger partial charge in [-0.1, -0.05) is 41.5 Å². The number of ether oxygens (including phenoxy) is 2. The first kappa shape index (κ1) is 24.8. The number of nitrogens with one attached hydrogen (secondary N) is 1. The summed E-state index contributed by atoms with van der Waals surface area (Å²) in [6, 6.07) is 17.7. The maximum absolute atomic E-state index is 13.6. The quantitative estimate of drug-likeness (QED) is 0.488.